The first-order valence-electron chi connectivity index (χ1n) is 8.89. The van der Waals surface area contributed by atoms with Gasteiger partial charge in [0.15, 0.2) is 0 Å². The van der Waals surface area contributed by atoms with Gasteiger partial charge in [-0.1, -0.05) is 23.7 Å². The maximum absolute atomic E-state index is 14.3. The van der Waals surface area contributed by atoms with Crippen LogP contribution < -0.4 is 5.73 Å². The number of esters is 1. The van der Waals surface area contributed by atoms with E-state index >= 15 is 0 Å². The lowest BCUT2D eigenvalue weighted by atomic mass is 10.0. The third-order valence-electron chi connectivity index (χ3n) is 4.68. The van der Waals surface area contributed by atoms with Gasteiger partial charge in [0.2, 0.25) is 0 Å². The number of nitrogens with zero attached hydrogens (tertiary/aromatic N) is 1. The highest BCUT2D eigenvalue weighted by molar-refractivity contribution is 6.33. The van der Waals surface area contributed by atoms with E-state index in [1.807, 2.05) is 31.2 Å². The zero-order valence-corrected chi connectivity index (χ0v) is 16.5. The average molecular weight is 424 g/mol. The second-order valence-corrected chi connectivity index (χ2v) is 7.08. The van der Waals surface area contributed by atoms with Crippen LogP contribution in [0.5, 0.6) is 0 Å². The Bertz CT molecular complexity index is 1300. The number of H-pyrrole nitrogens is 1. The van der Waals surface area contributed by atoms with Crippen molar-refractivity contribution in [2.45, 2.75) is 6.92 Å². The number of hydrogen-bond donors (Lipinski definition) is 2. The zero-order chi connectivity index (χ0) is 21.4. The molecular weight excluding hydrogens is 409 g/mol. The molecule has 0 saturated heterocycles. The number of carbonyl (C=O) groups excluding carboxylic acids is 2. The van der Waals surface area contributed by atoms with E-state index in [0.29, 0.717) is 16.3 Å². The Balaban J connectivity index is 1.72. The smallest absolute Gasteiger partial charge is 0.372 e. The number of carbonyl (C=O) groups is 2. The van der Waals surface area contributed by atoms with Crippen molar-refractivity contribution in [3.8, 4) is 22.4 Å². The van der Waals surface area contributed by atoms with Crippen LogP contribution in [0.15, 0.2) is 54.7 Å². The summed E-state index contributed by atoms with van der Waals surface area (Å²) >= 11 is 6.18. The molecule has 2 aromatic carbocycles. The first kappa shape index (κ1) is 19.6. The molecule has 8 heteroatoms. The lowest BCUT2D eigenvalue weighted by Crippen LogP contribution is -2.19. The molecule has 2 aromatic heterocycles. The largest absolute Gasteiger partial charge is 0.412 e. The Morgan fingerprint density at radius 2 is 1.97 bits per heavy atom. The van der Waals surface area contributed by atoms with Crippen LogP contribution in [0.4, 0.5) is 9.18 Å². The summed E-state index contributed by atoms with van der Waals surface area (Å²) in [6, 6.07) is 13.6. The van der Waals surface area contributed by atoms with Crippen LogP contribution in [0.3, 0.4) is 0 Å². The number of hydrogen-bond acceptors (Lipinski definition) is 4. The summed E-state index contributed by atoms with van der Waals surface area (Å²) in [6.45, 7) is 1.81. The number of nitrogens with two attached hydrogens (primary N) is 1. The van der Waals surface area contributed by atoms with E-state index in [-0.39, 0.29) is 5.69 Å². The fraction of sp³-hybridized carbons (Fsp3) is 0.0455. The van der Waals surface area contributed by atoms with Crippen LogP contribution in [-0.2, 0) is 4.74 Å². The summed E-state index contributed by atoms with van der Waals surface area (Å²) in [7, 11) is 0. The van der Waals surface area contributed by atoms with E-state index < -0.39 is 17.9 Å². The predicted octanol–water partition coefficient (Wildman–Crippen LogP) is 5.23. The van der Waals surface area contributed by atoms with Gasteiger partial charge in [-0.3, -0.25) is 0 Å². The van der Waals surface area contributed by atoms with Gasteiger partial charge in [-0.25, -0.2) is 19.0 Å². The summed E-state index contributed by atoms with van der Waals surface area (Å²) < 4.78 is 18.6. The van der Waals surface area contributed by atoms with E-state index in [1.165, 1.54) is 18.3 Å². The SMILES string of the molecule is Cc1cc(C(=O)OC(N)=O)ncc1-c1ccc2[nH]c(-c3c(F)cccc3Cl)cc2c1. The predicted molar refractivity (Wildman–Crippen MR) is 112 cm³/mol. The zero-order valence-electron chi connectivity index (χ0n) is 15.7. The summed E-state index contributed by atoms with van der Waals surface area (Å²) in [5.41, 5.74) is 8.95. The lowest BCUT2D eigenvalue weighted by Gasteiger charge is -2.07. The van der Waals surface area contributed by atoms with Crippen molar-refractivity contribution < 1.29 is 18.7 Å². The summed E-state index contributed by atoms with van der Waals surface area (Å²) in [4.78, 5) is 29.8. The van der Waals surface area contributed by atoms with E-state index in [4.69, 9.17) is 17.3 Å². The molecule has 0 spiro atoms. The molecule has 3 N–H and O–H groups in total. The molecule has 0 saturated carbocycles. The average Bonchev–Trinajstić information content (AvgIpc) is 3.09. The van der Waals surface area contributed by atoms with Crippen molar-refractivity contribution in [2.24, 2.45) is 5.73 Å². The van der Waals surface area contributed by atoms with Gasteiger partial charge >= 0.3 is 12.1 Å². The quantitative estimate of drug-likeness (QED) is 0.348. The molecule has 0 aliphatic rings. The highest BCUT2D eigenvalue weighted by Gasteiger charge is 2.16. The molecule has 0 aliphatic carbocycles. The Kier molecular flexibility index (Phi) is 4.97. The minimum absolute atomic E-state index is 0.0192. The molecule has 0 bridgehead atoms. The Hall–Kier alpha value is -3.71. The Morgan fingerprint density at radius 3 is 2.67 bits per heavy atom. The van der Waals surface area contributed by atoms with Crippen molar-refractivity contribution in [1.82, 2.24) is 9.97 Å². The van der Waals surface area contributed by atoms with Crippen molar-refractivity contribution in [3.05, 3.63) is 76.8 Å². The van der Waals surface area contributed by atoms with Crippen molar-refractivity contribution in [3.63, 3.8) is 0 Å². The molecule has 150 valence electrons. The van der Waals surface area contributed by atoms with Gasteiger partial charge in [0.25, 0.3) is 0 Å². The number of aryl methyl sites for hydroxylation is 1. The van der Waals surface area contributed by atoms with Gasteiger partial charge in [-0.15, -0.1) is 0 Å². The van der Waals surface area contributed by atoms with Gasteiger partial charge in [-0.05, 0) is 54.4 Å². The van der Waals surface area contributed by atoms with Crippen molar-refractivity contribution >= 4 is 34.6 Å². The van der Waals surface area contributed by atoms with E-state index in [9.17, 15) is 14.0 Å². The topological polar surface area (TPSA) is 98.1 Å². The molecular formula is C22H15ClFN3O3. The molecule has 0 unspecified atom stereocenters. The third kappa shape index (κ3) is 3.62. The number of benzene rings is 2. The Labute approximate surface area is 175 Å². The highest BCUT2D eigenvalue weighted by Crippen LogP contribution is 2.34. The standard InChI is InChI=1S/C22H15ClFN3O3/c1-11-7-19(21(28)30-22(25)29)26-10-14(11)12-5-6-17-13(8-12)9-18(27-17)20-15(23)3-2-4-16(20)24/h2-10,27H,1H3,(H2,25,29). The minimum atomic E-state index is -1.19. The normalized spacial score (nSPS) is 10.9. The monoisotopic (exact) mass is 423 g/mol. The summed E-state index contributed by atoms with van der Waals surface area (Å²) in [5.74, 6) is -1.32. The number of ether oxygens (including phenoxy) is 1. The number of nitrogens with one attached hydrogen (secondary N) is 1. The fourth-order valence-corrected chi connectivity index (χ4v) is 3.57. The molecule has 30 heavy (non-hydrogen) atoms. The number of primary amides is 1. The molecule has 0 aliphatic heterocycles. The van der Waals surface area contributed by atoms with Crippen LogP contribution >= 0.6 is 11.6 Å². The molecule has 4 rings (SSSR count). The Morgan fingerprint density at radius 1 is 1.17 bits per heavy atom. The molecule has 4 aromatic rings. The van der Waals surface area contributed by atoms with Crippen molar-refractivity contribution in [1.29, 1.82) is 0 Å². The van der Waals surface area contributed by atoms with Gasteiger partial charge < -0.3 is 15.5 Å². The maximum Gasteiger partial charge on any atom is 0.412 e. The van der Waals surface area contributed by atoms with Crippen LogP contribution in [0, 0.1) is 12.7 Å². The van der Waals surface area contributed by atoms with Crippen LogP contribution in [0.25, 0.3) is 33.3 Å². The number of amides is 1. The first-order valence-corrected chi connectivity index (χ1v) is 9.27. The second kappa shape index (κ2) is 7.61. The van der Waals surface area contributed by atoms with E-state index in [2.05, 4.69) is 14.7 Å². The number of rotatable bonds is 3. The van der Waals surface area contributed by atoms with Gasteiger partial charge in [0.05, 0.1) is 16.3 Å². The van der Waals surface area contributed by atoms with E-state index in [1.54, 1.807) is 12.1 Å². The fourth-order valence-electron chi connectivity index (χ4n) is 3.30. The summed E-state index contributed by atoms with van der Waals surface area (Å²) in [6.07, 6.45) is 0.335. The van der Waals surface area contributed by atoms with Gasteiger partial charge in [0, 0.05) is 22.7 Å². The highest BCUT2D eigenvalue weighted by atomic mass is 35.5. The van der Waals surface area contributed by atoms with Crippen LogP contribution in [-0.4, -0.2) is 22.0 Å². The number of pyridine rings is 1. The molecule has 2 heterocycles. The number of fused-ring (bicyclic) bond motifs is 1. The molecule has 0 radical (unpaired) electrons. The maximum atomic E-state index is 14.3. The molecule has 0 atom stereocenters. The number of aromatic amines is 1. The van der Waals surface area contributed by atoms with Crippen molar-refractivity contribution in [2.75, 3.05) is 0 Å². The first-order chi connectivity index (χ1) is 14.3. The molecule has 1 amide bonds. The van der Waals surface area contributed by atoms with Gasteiger partial charge in [-0.2, -0.15) is 0 Å². The minimum Gasteiger partial charge on any atom is -0.372 e. The molecule has 0 fully saturated rings. The molecule has 6 nitrogen and oxygen atoms in total. The van der Waals surface area contributed by atoms with Gasteiger partial charge in [0.1, 0.15) is 11.5 Å². The number of halogens is 2. The van der Waals surface area contributed by atoms with Crippen LogP contribution in [0.2, 0.25) is 5.02 Å². The van der Waals surface area contributed by atoms with E-state index in [0.717, 1.165) is 27.6 Å². The lowest BCUT2D eigenvalue weighted by molar-refractivity contribution is 0.0632. The summed E-state index contributed by atoms with van der Waals surface area (Å²) in [5, 5.41) is 1.18. The third-order valence-corrected chi connectivity index (χ3v) is 4.99. The second-order valence-electron chi connectivity index (χ2n) is 6.67. The van der Waals surface area contributed by atoms with Crippen LogP contribution in [0.1, 0.15) is 16.1 Å². The number of aromatic nitrogens is 2.